The molecule has 5 heteroatoms. The number of amides is 1. The molecule has 4 aliphatic rings. The van der Waals surface area contributed by atoms with E-state index < -0.39 is 0 Å². The molecule has 0 saturated heterocycles. The van der Waals surface area contributed by atoms with E-state index in [1.54, 1.807) is 24.3 Å². The zero-order valence-corrected chi connectivity index (χ0v) is 12.5. The summed E-state index contributed by atoms with van der Waals surface area (Å²) in [5.41, 5.74) is 9.64. The highest BCUT2D eigenvalue weighted by molar-refractivity contribution is 5.95. The normalized spacial score (nSPS) is 35.0. The first-order valence-electron chi connectivity index (χ1n) is 8.13. The van der Waals surface area contributed by atoms with Crippen molar-refractivity contribution in [2.75, 3.05) is 0 Å². The van der Waals surface area contributed by atoms with Crippen molar-refractivity contribution in [2.45, 2.75) is 44.1 Å². The Morgan fingerprint density at radius 2 is 1.64 bits per heavy atom. The van der Waals surface area contributed by atoms with Crippen LogP contribution in [0.2, 0.25) is 0 Å². The standard InChI is InChI=1S/C17H20N4O/c18-21-20-15-3-1-14(2-4-15)16(22)19-17-8-11-5-12(9-17)7-13(6-11)10-17/h1-4,11-13H,5-10H2,(H,19,22). The van der Waals surface area contributed by atoms with Gasteiger partial charge < -0.3 is 5.32 Å². The number of carbonyl (C=O) groups excluding carboxylic acids is 1. The summed E-state index contributed by atoms with van der Waals surface area (Å²) < 4.78 is 0. The van der Waals surface area contributed by atoms with E-state index in [9.17, 15) is 4.79 Å². The summed E-state index contributed by atoms with van der Waals surface area (Å²) in [4.78, 5) is 15.3. The largest absolute Gasteiger partial charge is 0.347 e. The van der Waals surface area contributed by atoms with Gasteiger partial charge in [0.05, 0.1) is 0 Å². The molecule has 1 aromatic rings. The third kappa shape index (κ3) is 2.35. The zero-order chi connectivity index (χ0) is 15.2. The Bertz CT molecular complexity index is 610. The molecule has 4 saturated carbocycles. The Balaban J connectivity index is 1.51. The van der Waals surface area contributed by atoms with Crippen LogP contribution in [0.1, 0.15) is 48.9 Å². The molecule has 22 heavy (non-hydrogen) atoms. The van der Waals surface area contributed by atoms with Gasteiger partial charge in [0, 0.05) is 21.7 Å². The first-order chi connectivity index (χ1) is 10.7. The van der Waals surface area contributed by atoms with Gasteiger partial charge in [0.2, 0.25) is 0 Å². The van der Waals surface area contributed by atoms with Crippen LogP contribution in [0.15, 0.2) is 29.4 Å². The van der Waals surface area contributed by atoms with Crippen LogP contribution in [0.3, 0.4) is 0 Å². The molecule has 1 amide bonds. The fourth-order valence-corrected chi connectivity index (χ4v) is 5.31. The molecular weight excluding hydrogens is 276 g/mol. The van der Waals surface area contributed by atoms with Crippen molar-refractivity contribution in [2.24, 2.45) is 22.9 Å². The number of azide groups is 1. The molecule has 0 atom stereocenters. The minimum absolute atomic E-state index is 0.00874. The smallest absolute Gasteiger partial charge is 0.251 e. The molecule has 4 bridgehead atoms. The summed E-state index contributed by atoms with van der Waals surface area (Å²) in [6.45, 7) is 0. The number of rotatable bonds is 3. The van der Waals surface area contributed by atoms with E-state index in [2.05, 4.69) is 15.3 Å². The van der Waals surface area contributed by atoms with Gasteiger partial charge in [-0.05, 0) is 73.9 Å². The summed E-state index contributed by atoms with van der Waals surface area (Å²) in [6.07, 6.45) is 7.58. The van der Waals surface area contributed by atoms with Crippen molar-refractivity contribution in [3.8, 4) is 0 Å². The molecule has 1 N–H and O–H groups in total. The molecule has 5 rings (SSSR count). The monoisotopic (exact) mass is 296 g/mol. The van der Waals surface area contributed by atoms with Gasteiger partial charge in [-0.3, -0.25) is 4.79 Å². The third-order valence-electron chi connectivity index (χ3n) is 5.71. The number of hydrogen-bond donors (Lipinski definition) is 1. The lowest BCUT2D eigenvalue weighted by molar-refractivity contribution is -0.0167. The maximum atomic E-state index is 12.6. The summed E-state index contributed by atoms with van der Waals surface area (Å²) in [7, 11) is 0. The van der Waals surface area contributed by atoms with Crippen LogP contribution in [-0.4, -0.2) is 11.4 Å². The second kappa shape index (κ2) is 5.03. The maximum absolute atomic E-state index is 12.6. The van der Waals surface area contributed by atoms with Crippen LogP contribution >= 0.6 is 0 Å². The number of benzene rings is 1. The van der Waals surface area contributed by atoms with Gasteiger partial charge in [-0.1, -0.05) is 17.2 Å². The fraction of sp³-hybridized carbons (Fsp3) is 0.588. The molecule has 4 aliphatic carbocycles. The predicted octanol–water partition coefficient (Wildman–Crippen LogP) is 4.33. The minimum atomic E-state index is 0.00874. The van der Waals surface area contributed by atoms with Gasteiger partial charge in [0.25, 0.3) is 5.91 Å². The van der Waals surface area contributed by atoms with E-state index in [-0.39, 0.29) is 11.4 Å². The van der Waals surface area contributed by atoms with Gasteiger partial charge in [-0.15, -0.1) is 0 Å². The van der Waals surface area contributed by atoms with E-state index in [1.807, 2.05) is 0 Å². The SMILES string of the molecule is [N-]=[N+]=Nc1ccc(C(=O)NC23CC4CC(CC(C4)C2)C3)cc1. The van der Waals surface area contributed by atoms with Crippen molar-refractivity contribution in [1.29, 1.82) is 0 Å². The molecule has 114 valence electrons. The van der Waals surface area contributed by atoms with Crippen molar-refractivity contribution < 1.29 is 4.79 Å². The molecular formula is C17H20N4O. The third-order valence-corrected chi connectivity index (χ3v) is 5.71. The number of nitrogens with one attached hydrogen (secondary N) is 1. The van der Waals surface area contributed by atoms with Crippen LogP contribution in [0.4, 0.5) is 5.69 Å². The molecule has 0 aromatic heterocycles. The summed E-state index contributed by atoms with van der Waals surface area (Å²) in [6, 6.07) is 6.85. The van der Waals surface area contributed by atoms with Crippen LogP contribution in [0, 0.1) is 17.8 Å². The number of carbonyl (C=O) groups is 1. The Morgan fingerprint density at radius 1 is 1.09 bits per heavy atom. The molecule has 1 aromatic carbocycles. The van der Waals surface area contributed by atoms with Crippen LogP contribution in [0.25, 0.3) is 10.4 Å². The van der Waals surface area contributed by atoms with E-state index in [0.717, 1.165) is 37.0 Å². The average molecular weight is 296 g/mol. The molecule has 0 aliphatic heterocycles. The lowest BCUT2D eigenvalue weighted by Gasteiger charge is -2.56. The Hall–Kier alpha value is -2.00. The van der Waals surface area contributed by atoms with E-state index in [1.165, 1.54) is 19.3 Å². The Morgan fingerprint density at radius 3 is 2.14 bits per heavy atom. The van der Waals surface area contributed by atoms with Gasteiger partial charge in [0.1, 0.15) is 0 Å². The number of hydrogen-bond acceptors (Lipinski definition) is 2. The highest BCUT2D eigenvalue weighted by atomic mass is 16.1. The van der Waals surface area contributed by atoms with E-state index in [0.29, 0.717) is 11.3 Å². The second-order valence-corrected chi connectivity index (χ2v) is 7.39. The maximum Gasteiger partial charge on any atom is 0.251 e. The predicted molar refractivity (Wildman–Crippen MR) is 83.6 cm³/mol. The zero-order valence-electron chi connectivity index (χ0n) is 12.5. The first-order valence-corrected chi connectivity index (χ1v) is 8.13. The fourth-order valence-electron chi connectivity index (χ4n) is 5.31. The minimum Gasteiger partial charge on any atom is -0.347 e. The topological polar surface area (TPSA) is 77.9 Å². The highest BCUT2D eigenvalue weighted by Crippen LogP contribution is 2.55. The van der Waals surface area contributed by atoms with Gasteiger partial charge in [0.15, 0.2) is 0 Å². The molecule has 0 unspecified atom stereocenters. The molecule has 5 nitrogen and oxygen atoms in total. The summed E-state index contributed by atoms with van der Waals surface area (Å²) in [5, 5.41) is 6.89. The summed E-state index contributed by atoms with van der Waals surface area (Å²) in [5.74, 6) is 2.46. The van der Waals surface area contributed by atoms with Gasteiger partial charge in [-0.2, -0.15) is 0 Å². The lowest BCUT2D eigenvalue weighted by Crippen LogP contribution is -2.59. The first kappa shape index (κ1) is 13.6. The number of nitrogens with zero attached hydrogens (tertiary/aromatic N) is 3. The Labute approximate surface area is 129 Å². The summed E-state index contributed by atoms with van der Waals surface area (Å²) >= 11 is 0. The van der Waals surface area contributed by atoms with Crippen LogP contribution < -0.4 is 5.32 Å². The molecule has 0 spiro atoms. The van der Waals surface area contributed by atoms with Crippen LogP contribution in [0.5, 0.6) is 0 Å². The Kier molecular flexibility index (Phi) is 3.12. The van der Waals surface area contributed by atoms with Crippen LogP contribution in [-0.2, 0) is 0 Å². The van der Waals surface area contributed by atoms with E-state index >= 15 is 0 Å². The second-order valence-electron chi connectivity index (χ2n) is 7.39. The van der Waals surface area contributed by atoms with Crippen molar-refractivity contribution in [3.05, 3.63) is 40.3 Å². The quantitative estimate of drug-likeness (QED) is 0.503. The van der Waals surface area contributed by atoms with Crippen molar-refractivity contribution in [3.63, 3.8) is 0 Å². The molecule has 4 fully saturated rings. The van der Waals surface area contributed by atoms with Crippen molar-refractivity contribution >= 4 is 11.6 Å². The lowest BCUT2D eigenvalue weighted by atomic mass is 9.53. The molecule has 0 heterocycles. The average Bonchev–Trinajstić information content (AvgIpc) is 2.46. The van der Waals surface area contributed by atoms with Crippen molar-refractivity contribution in [1.82, 2.24) is 5.32 Å². The van der Waals surface area contributed by atoms with Gasteiger partial charge >= 0.3 is 0 Å². The van der Waals surface area contributed by atoms with E-state index in [4.69, 9.17) is 5.53 Å². The highest BCUT2D eigenvalue weighted by Gasteiger charge is 2.51. The van der Waals surface area contributed by atoms with Gasteiger partial charge in [-0.25, -0.2) is 0 Å². The molecule has 0 radical (unpaired) electrons.